The third-order valence-electron chi connectivity index (χ3n) is 4.16. The molecule has 0 aromatic heterocycles. The standard InChI is InChI=1S/C21H23Br2N3O4/c1-30-18-12-14(11-17(23)20(18)28)13-25-26-19(27)9-3-2-6-10-24-21(29)15-7-4-5-8-16(15)22/h4-5,7-8,11-13,28H,2-3,6,9-10H2,1H3,(H,24,29)(H,26,27)/b25-13+. The average molecular weight is 541 g/mol. The number of nitrogens with zero attached hydrogens (tertiary/aromatic N) is 1. The SMILES string of the molecule is COc1cc(/C=N/NC(=O)CCCCCNC(=O)c2ccccc2Br)cc(Br)c1O. The highest BCUT2D eigenvalue weighted by molar-refractivity contribution is 9.10. The number of hydrogen-bond donors (Lipinski definition) is 3. The van der Waals surface area contributed by atoms with E-state index in [1.165, 1.54) is 13.3 Å². The van der Waals surface area contributed by atoms with Crippen molar-refractivity contribution in [2.24, 2.45) is 5.10 Å². The molecule has 0 heterocycles. The maximum absolute atomic E-state index is 12.1. The molecule has 0 aliphatic heterocycles. The number of hydrazone groups is 1. The quantitative estimate of drug-likeness (QED) is 0.237. The van der Waals surface area contributed by atoms with Gasteiger partial charge in [0, 0.05) is 17.4 Å². The van der Waals surface area contributed by atoms with Crippen LogP contribution in [0, 0.1) is 0 Å². The first-order valence-corrected chi connectivity index (χ1v) is 10.9. The van der Waals surface area contributed by atoms with E-state index in [9.17, 15) is 14.7 Å². The highest BCUT2D eigenvalue weighted by Crippen LogP contribution is 2.34. The Kier molecular flexibility index (Phi) is 9.82. The van der Waals surface area contributed by atoms with E-state index in [4.69, 9.17) is 4.74 Å². The van der Waals surface area contributed by atoms with Crippen molar-refractivity contribution < 1.29 is 19.4 Å². The molecule has 0 bridgehead atoms. The Hall–Kier alpha value is -2.39. The molecule has 0 atom stereocenters. The number of unbranched alkanes of at least 4 members (excludes halogenated alkanes) is 2. The summed E-state index contributed by atoms with van der Waals surface area (Å²) >= 11 is 6.59. The van der Waals surface area contributed by atoms with Crippen LogP contribution in [0.2, 0.25) is 0 Å². The minimum Gasteiger partial charge on any atom is -0.503 e. The summed E-state index contributed by atoms with van der Waals surface area (Å²) < 4.78 is 6.30. The summed E-state index contributed by atoms with van der Waals surface area (Å²) in [6.07, 6.45) is 4.12. The van der Waals surface area contributed by atoms with Crippen molar-refractivity contribution in [3.63, 3.8) is 0 Å². The molecule has 30 heavy (non-hydrogen) atoms. The number of carbonyl (C=O) groups excluding carboxylic acids is 2. The van der Waals surface area contributed by atoms with Gasteiger partial charge in [0.25, 0.3) is 5.91 Å². The van der Waals surface area contributed by atoms with Crippen molar-refractivity contribution in [3.8, 4) is 11.5 Å². The number of nitrogens with one attached hydrogen (secondary N) is 2. The van der Waals surface area contributed by atoms with Crippen molar-refractivity contribution in [1.82, 2.24) is 10.7 Å². The number of halogens is 2. The smallest absolute Gasteiger partial charge is 0.252 e. The number of hydrogen-bond acceptors (Lipinski definition) is 5. The molecule has 0 aliphatic carbocycles. The highest BCUT2D eigenvalue weighted by Gasteiger charge is 2.09. The van der Waals surface area contributed by atoms with Gasteiger partial charge in [-0.3, -0.25) is 9.59 Å². The average Bonchev–Trinajstić information content (AvgIpc) is 2.73. The molecule has 0 fully saturated rings. The Morgan fingerprint density at radius 3 is 2.63 bits per heavy atom. The maximum Gasteiger partial charge on any atom is 0.252 e. The van der Waals surface area contributed by atoms with Crippen LogP contribution >= 0.6 is 31.9 Å². The molecular weight excluding hydrogens is 518 g/mol. The minimum absolute atomic E-state index is 0.00581. The maximum atomic E-state index is 12.1. The van der Waals surface area contributed by atoms with Crippen molar-refractivity contribution in [3.05, 3.63) is 56.5 Å². The van der Waals surface area contributed by atoms with E-state index in [1.54, 1.807) is 18.2 Å². The van der Waals surface area contributed by atoms with E-state index in [1.807, 2.05) is 18.2 Å². The van der Waals surface area contributed by atoms with Gasteiger partial charge in [-0.25, -0.2) is 5.43 Å². The lowest BCUT2D eigenvalue weighted by molar-refractivity contribution is -0.121. The second-order valence-corrected chi connectivity index (χ2v) is 8.10. The van der Waals surface area contributed by atoms with E-state index in [-0.39, 0.29) is 17.6 Å². The van der Waals surface area contributed by atoms with Gasteiger partial charge < -0.3 is 15.2 Å². The van der Waals surface area contributed by atoms with Gasteiger partial charge in [-0.2, -0.15) is 5.10 Å². The third kappa shape index (κ3) is 7.46. The molecule has 2 aromatic carbocycles. The Labute approximate surface area is 192 Å². The normalized spacial score (nSPS) is 10.8. The molecule has 3 N–H and O–H groups in total. The molecule has 0 spiro atoms. The summed E-state index contributed by atoms with van der Waals surface area (Å²) in [6.45, 7) is 0.553. The summed E-state index contributed by atoms with van der Waals surface area (Å²) in [5, 5.41) is 16.6. The zero-order chi connectivity index (χ0) is 21.9. The first-order valence-electron chi connectivity index (χ1n) is 9.33. The fraction of sp³-hybridized carbons (Fsp3) is 0.286. The van der Waals surface area contributed by atoms with Gasteiger partial charge in [-0.15, -0.1) is 0 Å². The molecule has 2 rings (SSSR count). The number of amides is 2. The molecule has 9 heteroatoms. The lowest BCUT2D eigenvalue weighted by Crippen LogP contribution is -2.24. The fourth-order valence-electron chi connectivity index (χ4n) is 2.59. The molecule has 0 saturated heterocycles. The first kappa shape index (κ1) is 23.9. The molecule has 2 aromatic rings. The summed E-state index contributed by atoms with van der Waals surface area (Å²) in [6, 6.07) is 10.5. The number of rotatable bonds is 10. The van der Waals surface area contributed by atoms with E-state index in [2.05, 4.69) is 47.7 Å². The van der Waals surface area contributed by atoms with Gasteiger partial charge in [0.1, 0.15) is 0 Å². The molecule has 0 aliphatic rings. The lowest BCUT2D eigenvalue weighted by Gasteiger charge is -2.07. The van der Waals surface area contributed by atoms with Gasteiger partial charge in [-0.05, 0) is 74.5 Å². The zero-order valence-electron chi connectivity index (χ0n) is 16.5. The molecule has 0 unspecified atom stereocenters. The van der Waals surface area contributed by atoms with Crippen molar-refractivity contribution in [2.75, 3.05) is 13.7 Å². The van der Waals surface area contributed by atoms with Crippen LogP contribution in [-0.2, 0) is 4.79 Å². The van der Waals surface area contributed by atoms with Gasteiger partial charge in [0.15, 0.2) is 11.5 Å². The second-order valence-electron chi connectivity index (χ2n) is 6.39. The van der Waals surface area contributed by atoms with Crippen LogP contribution < -0.4 is 15.5 Å². The molecular formula is C21H23Br2N3O4. The zero-order valence-corrected chi connectivity index (χ0v) is 19.6. The summed E-state index contributed by atoms with van der Waals surface area (Å²) in [5.74, 6) is 0.00973. The summed E-state index contributed by atoms with van der Waals surface area (Å²) in [5.41, 5.74) is 3.75. The van der Waals surface area contributed by atoms with Crippen LogP contribution in [0.25, 0.3) is 0 Å². The van der Waals surface area contributed by atoms with Crippen LogP contribution in [0.15, 0.2) is 50.4 Å². The monoisotopic (exact) mass is 539 g/mol. The fourth-order valence-corrected chi connectivity index (χ4v) is 3.51. The molecule has 160 valence electrons. The molecule has 0 radical (unpaired) electrons. The van der Waals surface area contributed by atoms with Crippen LogP contribution in [0.5, 0.6) is 11.5 Å². The Morgan fingerprint density at radius 2 is 1.90 bits per heavy atom. The number of phenolic OH excluding ortho intramolecular Hbond substituents is 1. The number of phenols is 1. The molecule has 7 nitrogen and oxygen atoms in total. The van der Waals surface area contributed by atoms with E-state index < -0.39 is 0 Å². The minimum atomic E-state index is -0.187. The number of aromatic hydroxyl groups is 1. The van der Waals surface area contributed by atoms with Crippen molar-refractivity contribution in [2.45, 2.75) is 25.7 Å². The van der Waals surface area contributed by atoms with E-state index in [0.29, 0.717) is 40.7 Å². The second kappa shape index (κ2) is 12.3. The Balaban J connectivity index is 1.64. The highest BCUT2D eigenvalue weighted by atomic mass is 79.9. The molecule has 2 amide bonds. The Bertz CT molecular complexity index is 919. The Morgan fingerprint density at radius 1 is 1.13 bits per heavy atom. The number of carbonyl (C=O) groups is 2. The summed E-state index contributed by atoms with van der Waals surface area (Å²) in [7, 11) is 1.45. The van der Waals surface area contributed by atoms with Crippen LogP contribution in [0.3, 0.4) is 0 Å². The topological polar surface area (TPSA) is 100 Å². The van der Waals surface area contributed by atoms with E-state index >= 15 is 0 Å². The van der Waals surface area contributed by atoms with Gasteiger partial charge in [-0.1, -0.05) is 18.6 Å². The van der Waals surface area contributed by atoms with Gasteiger partial charge in [0.2, 0.25) is 5.91 Å². The van der Waals surface area contributed by atoms with Crippen molar-refractivity contribution >= 4 is 49.9 Å². The van der Waals surface area contributed by atoms with Crippen LogP contribution in [0.4, 0.5) is 0 Å². The van der Waals surface area contributed by atoms with Gasteiger partial charge >= 0.3 is 0 Å². The predicted octanol–water partition coefficient (Wildman–Crippen LogP) is 4.37. The first-order chi connectivity index (χ1) is 14.4. The summed E-state index contributed by atoms with van der Waals surface area (Å²) in [4.78, 5) is 23.9. The van der Waals surface area contributed by atoms with Crippen molar-refractivity contribution in [1.29, 1.82) is 0 Å². The van der Waals surface area contributed by atoms with Crippen LogP contribution in [0.1, 0.15) is 41.6 Å². The number of ether oxygens (including phenoxy) is 1. The van der Waals surface area contributed by atoms with Crippen LogP contribution in [-0.4, -0.2) is 36.8 Å². The van der Waals surface area contributed by atoms with E-state index in [0.717, 1.165) is 17.3 Å². The largest absolute Gasteiger partial charge is 0.503 e. The lowest BCUT2D eigenvalue weighted by atomic mass is 10.2. The van der Waals surface area contributed by atoms with Gasteiger partial charge in [0.05, 0.1) is 23.4 Å². The third-order valence-corrected chi connectivity index (χ3v) is 5.45. The number of methoxy groups -OCH3 is 1. The molecule has 0 saturated carbocycles. The number of benzene rings is 2. The predicted molar refractivity (Wildman–Crippen MR) is 123 cm³/mol.